The van der Waals surface area contributed by atoms with E-state index in [1.807, 2.05) is 6.07 Å². The van der Waals surface area contributed by atoms with Crippen molar-refractivity contribution < 1.29 is 19.9 Å². The molecule has 0 bridgehead atoms. The Morgan fingerprint density at radius 1 is 1.08 bits per heavy atom. The second-order valence-electron chi connectivity index (χ2n) is 6.02. The third-order valence-corrected chi connectivity index (χ3v) is 4.51. The predicted molar refractivity (Wildman–Crippen MR) is 88.9 cm³/mol. The molecule has 2 aliphatic rings. The SMILES string of the molecule is CC1=NN=C(c2ccccc2)C(C2C(=O)N(C)C(=O)N(C)C2O)N1O. The van der Waals surface area contributed by atoms with E-state index in [4.69, 9.17) is 0 Å². The Balaban J connectivity index is 2.09. The van der Waals surface area contributed by atoms with Gasteiger partial charge in [0.25, 0.3) is 0 Å². The topological polar surface area (TPSA) is 109 Å². The molecule has 1 fully saturated rings. The zero-order valence-electron chi connectivity index (χ0n) is 14.1. The van der Waals surface area contributed by atoms with E-state index in [9.17, 15) is 19.9 Å². The van der Waals surface area contributed by atoms with Crippen LogP contribution in [-0.4, -0.2) is 75.0 Å². The van der Waals surface area contributed by atoms with Crippen LogP contribution in [0.2, 0.25) is 0 Å². The lowest BCUT2D eigenvalue weighted by Gasteiger charge is -2.44. The van der Waals surface area contributed by atoms with Crippen LogP contribution in [0.25, 0.3) is 0 Å². The number of hydrogen-bond acceptors (Lipinski definition) is 7. The van der Waals surface area contributed by atoms with Gasteiger partial charge in [-0.25, -0.2) is 9.86 Å². The van der Waals surface area contributed by atoms with Crippen molar-refractivity contribution in [2.75, 3.05) is 14.1 Å². The normalized spacial score (nSPS) is 27.4. The maximum atomic E-state index is 12.7. The summed E-state index contributed by atoms with van der Waals surface area (Å²) in [5.74, 6) is -1.54. The first-order chi connectivity index (χ1) is 11.8. The van der Waals surface area contributed by atoms with E-state index in [1.165, 1.54) is 21.0 Å². The van der Waals surface area contributed by atoms with Crippen molar-refractivity contribution in [2.45, 2.75) is 19.2 Å². The zero-order valence-corrected chi connectivity index (χ0v) is 14.1. The van der Waals surface area contributed by atoms with Crippen molar-refractivity contribution in [1.82, 2.24) is 14.9 Å². The van der Waals surface area contributed by atoms with E-state index in [2.05, 4.69) is 10.2 Å². The first-order valence-electron chi connectivity index (χ1n) is 7.72. The predicted octanol–water partition coefficient (Wildman–Crippen LogP) is 0.341. The molecule has 0 aromatic heterocycles. The Morgan fingerprint density at radius 2 is 1.72 bits per heavy atom. The number of carbonyl (C=O) groups excluding carboxylic acids is 2. The van der Waals surface area contributed by atoms with Crippen LogP contribution in [0, 0.1) is 5.92 Å². The summed E-state index contributed by atoms with van der Waals surface area (Å²) >= 11 is 0. The lowest BCUT2D eigenvalue weighted by molar-refractivity contribution is -0.157. The first kappa shape index (κ1) is 17.1. The van der Waals surface area contributed by atoms with Gasteiger partial charge in [-0.3, -0.25) is 14.9 Å². The van der Waals surface area contributed by atoms with Gasteiger partial charge in [-0.2, -0.15) is 5.10 Å². The summed E-state index contributed by atoms with van der Waals surface area (Å²) in [6.45, 7) is 1.54. The first-order valence-corrected chi connectivity index (χ1v) is 7.72. The highest BCUT2D eigenvalue weighted by atomic mass is 16.5. The van der Waals surface area contributed by atoms with Crippen molar-refractivity contribution in [3.05, 3.63) is 35.9 Å². The highest BCUT2D eigenvalue weighted by molar-refractivity contribution is 6.11. The van der Waals surface area contributed by atoms with Crippen molar-refractivity contribution in [1.29, 1.82) is 0 Å². The summed E-state index contributed by atoms with van der Waals surface area (Å²) in [6.07, 6.45) is -1.41. The van der Waals surface area contributed by atoms with E-state index in [0.29, 0.717) is 11.3 Å². The molecule has 25 heavy (non-hydrogen) atoms. The summed E-state index contributed by atoms with van der Waals surface area (Å²) in [5.41, 5.74) is 0.993. The molecule has 1 aromatic rings. The van der Waals surface area contributed by atoms with Crippen LogP contribution in [0.3, 0.4) is 0 Å². The van der Waals surface area contributed by atoms with Crippen LogP contribution in [0.1, 0.15) is 12.5 Å². The highest BCUT2D eigenvalue weighted by Gasteiger charge is 2.51. The number of aliphatic hydroxyl groups excluding tert-OH is 1. The van der Waals surface area contributed by atoms with Crippen LogP contribution in [0.15, 0.2) is 40.5 Å². The molecule has 3 atom stereocenters. The molecule has 9 heteroatoms. The molecule has 3 rings (SSSR count). The van der Waals surface area contributed by atoms with Gasteiger partial charge in [0, 0.05) is 19.7 Å². The van der Waals surface area contributed by atoms with E-state index in [0.717, 1.165) is 14.9 Å². The molecule has 2 heterocycles. The van der Waals surface area contributed by atoms with Crippen LogP contribution >= 0.6 is 0 Å². The summed E-state index contributed by atoms with van der Waals surface area (Å²) in [4.78, 5) is 26.7. The van der Waals surface area contributed by atoms with Crippen molar-refractivity contribution in [3.63, 3.8) is 0 Å². The standard InChI is InChI=1S/C16H19N5O4/c1-9-17-18-12(10-7-5-4-6-8-10)13(21(9)25)11-14(22)19(2)16(24)20(3)15(11)23/h4-8,11,13-14,22,25H,1-3H3. The lowest BCUT2D eigenvalue weighted by atomic mass is 9.86. The largest absolute Gasteiger partial charge is 0.373 e. The van der Waals surface area contributed by atoms with Crippen LogP contribution in [0.5, 0.6) is 0 Å². The maximum absolute atomic E-state index is 12.7. The van der Waals surface area contributed by atoms with Gasteiger partial charge in [-0.05, 0) is 6.92 Å². The summed E-state index contributed by atoms with van der Waals surface area (Å²) in [5, 5.41) is 29.9. The Labute approximate surface area is 144 Å². The fourth-order valence-electron chi connectivity index (χ4n) is 3.04. The van der Waals surface area contributed by atoms with Gasteiger partial charge < -0.3 is 10.0 Å². The number of hydrogen-bond donors (Lipinski definition) is 2. The third kappa shape index (κ3) is 2.67. The number of hydroxylamine groups is 2. The van der Waals surface area contributed by atoms with E-state index in [1.54, 1.807) is 24.3 Å². The van der Waals surface area contributed by atoms with Crippen molar-refractivity contribution in [3.8, 4) is 0 Å². The Morgan fingerprint density at radius 3 is 2.36 bits per heavy atom. The molecular formula is C16H19N5O4. The lowest BCUT2D eigenvalue weighted by Crippen LogP contribution is -2.66. The van der Waals surface area contributed by atoms with Gasteiger partial charge in [-0.15, -0.1) is 5.10 Å². The van der Waals surface area contributed by atoms with Gasteiger partial charge in [0.2, 0.25) is 5.91 Å². The molecule has 0 saturated carbocycles. The number of amidine groups is 1. The number of carbonyl (C=O) groups is 2. The average molecular weight is 345 g/mol. The van der Waals surface area contributed by atoms with Crippen LogP contribution in [0.4, 0.5) is 4.79 Å². The molecule has 0 aliphatic carbocycles. The molecule has 0 radical (unpaired) electrons. The second-order valence-corrected chi connectivity index (χ2v) is 6.02. The molecule has 1 saturated heterocycles. The molecule has 0 spiro atoms. The zero-order chi connectivity index (χ0) is 18.3. The number of aliphatic hydroxyl groups is 1. The van der Waals surface area contributed by atoms with Crippen molar-refractivity contribution in [2.24, 2.45) is 16.1 Å². The van der Waals surface area contributed by atoms with Crippen LogP contribution in [-0.2, 0) is 4.79 Å². The number of amides is 3. The molecule has 1 aromatic carbocycles. The van der Waals surface area contributed by atoms with Gasteiger partial charge >= 0.3 is 6.03 Å². The summed E-state index contributed by atoms with van der Waals surface area (Å²) < 4.78 is 0. The highest BCUT2D eigenvalue weighted by Crippen LogP contribution is 2.29. The summed E-state index contributed by atoms with van der Waals surface area (Å²) in [6, 6.07) is 7.36. The molecule has 3 unspecified atom stereocenters. The third-order valence-electron chi connectivity index (χ3n) is 4.51. The van der Waals surface area contributed by atoms with Gasteiger partial charge in [0.1, 0.15) is 24.0 Å². The Bertz CT molecular complexity index is 763. The molecule has 3 amide bonds. The smallest absolute Gasteiger partial charge is 0.328 e. The fourth-order valence-corrected chi connectivity index (χ4v) is 3.04. The Hall–Kier alpha value is -2.78. The number of nitrogens with zero attached hydrogens (tertiary/aromatic N) is 5. The number of imide groups is 1. The molecular weight excluding hydrogens is 326 g/mol. The quantitative estimate of drug-likeness (QED) is 0.803. The molecule has 2 N–H and O–H groups in total. The maximum Gasteiger partial charge on any atom is 0.328 e. The molecule has 9 nitrogen and oxygen atoms in total. The van der Waals surface area contributed by atoms with Gasteiger partial charge in [0.05, 0.1) is 5.71 Å². The minimum atomic E-state index is -1.41. The Kier molecular flexibility index (Phi) is 4.27. The monoisotopic (exact) mass is 345 g/mol. The van der Waals surface area contributed by atoms with E-state index < -0.39 is 30.1 Å². The molecule has 132 valence electrons. The number of urea groups is 1. The van der Waals surface area contributed by atoms with E-state index >= 15 is 0 Å². The molecule has 2 aliphatic heterocycles. The van der Waals surface area contributed by atoms with Crippen LogP contribution < -0.4 is 0 Å². The fraction of sp³-hybridized carbons (Fsp3) is 0.375. The average Bonchev–Trinajstić information content (AvgIpc) is 2.62. The number of rotatable bonds is 2. The van der Waals surface area contributed by atoms with E-state index in [-0.39, 0.29) is 5.84 Å². The van der Waals surface area contributed by atoms with Gasteiger partial charge in [0.15, 0.2) is 0 Å². The summed E-state index contributed by atoms with van der Waals surface area (Å²) in [7, 11) is 2.73. The van der Waals surface area contributed by atoms with Gasteiger partial charge in [-0.1, -0.05) is 30.3 Å². The minimum absolute atomic E-state index is 0.187. The number of benzene rings is 1. The minimum Gasteiger partial charge on any atom is -0.373 e. The second kappa shape index (κ2) is 6.26. The van der Waals surface area contributed by atoms with Crippen molar-refractivity contribution >= 4 is 23.5 Å².